The molecule has 1 fully saturated rings. The summed E-state index contributed by atoms with van der Waals surface area (Å²) in [5.74, 6) is -1.53. The van der Waals surface area contributed by atoms with Crippen LogP contribution in [0.25, 0.3) is 0 Å². The smallest absolute Gasteiger partial charge is 0.207 e. The lowest BCUT2D eigenvalue weighted by molar-refractivity contribution is -0.139. The number of Topliss-reactive ketones (excluding diaryl/α,β-unsaturated/α-hetero) is 2. The lowest BCUT2D eigenvalue weighted by Crippen LogP contribution is -2.25. The van der Waals surface area contributed by atoms with Crippen molar-refractivity contribution in [3.8, 4) is 0 Å². The maximum absolute atomic E-state index is 11.4. The second kappa shape index (κ2) is 2.16. The second-order valence-corrected chi connectivity index (χ2v) is 3.97. The quantitative estimate of drug-likeness (QED) is 0.334. The Morgan fingerprint density at radius 1 is 1.38 bits per heavy atom. The Balaban J connectivity index is 2.45. The summed E-state index contributed by atoms with van der Waals surface area (Å²) in [7, 11) is 0. The molecule has 0 aromatic carbocycles. The zero-order chi connectivity index (χ0) is 9.80. The first-order valence-electron chi connectivity index (χ1n) is 4.29. The third kappa shape index (κ3) is 0.816. The molecule has 68 valence electrons. The van der Waals surface area contributed by atoms with E-state index in [4.69, 9.17) is 0 Å². The van der Waals surface area contributed by atoms with E-state index in [1.807, 2.05) is 0 Å². The topological polar surface area (TPSA) is 51.2 Å². The molecular weight excluding hydrogens is 168 g/mol. The molecule has 0 saturated heterocycles. The number of ketones is 2. The van der Waals surface area contributed by atoms with Crippen LogP contribution in [0, 0.1) is 17.3 Å². The molecule has 3 heteroatoms. The summed E-state index contributed by atoms with van der Waals surface area (Å²) in [5.41, 5.74) is 0.164. The molecule has 0 amide bonds. The molecule has 1 saturated carbocycles. The van der Waals surface area contributed by atoms with Crippen LogP contribution in [0.2, 0.25) is 0 Å². The van der Waals surface area contributed by atoms with Gasteiger partial charge in [0.25, 0.3) is 0 Å². The first kappa shape index (κ1) is 8.35. The van der Waals surface area contributed by atoms with Crippen molar-refractivity contribution < 1.29 is 14.4 Å². The van der Waals surface area contributed by atoms with E-state index in [1.54, 1.807) is 19.9 Å². The van der Waals surface area contributed by atoms with Crippen LogP contribution < -0.4 is 0 Å². The van der Waals surface area contributed by atoms with Gasteiger partial charge in [-0.2, -0.15) is 0 Å². The number of carbonyl (C=O) groups is 3. The molecule has 0 heterocycles. The van der Waals surface area contributed by atoms with E-state index in [0.29, 0.717) is 0 Å². The van der Waals surface area contributed by atoms with E-state index >= 15 is 0 Å². The van der Waals surface area contributed by atoms with Crippen LogP contribution in [0.1, 0.15) is 13.8 Å². The Morgan fingerprint density at radius 2 is 2.00 bits per heavy atom. The normalized spacial score (nSPS) is 42.5. The van der Waals surface area contributed by atoms with Gasteiger partial charge in [-0.1, -0.05) is 13.0 Å². The van der Waals surface area contributed by atoms with Gasteiger partial charge in [0.2, 0.25) is 11.6 Å². The molecule has 2 aliphatic rings. The second-order valence-electron chi connectivity index (χ2n) is 3.97. The van der Waals surface area contributed by atoms with Crippen molar-refractivity contribution in [2.24, 2.45) is 17.3 Å². The zero-order valence-electron chi connectivity index (χ0n) is 7.53. The van der Waals surface area contributed by atoms with Crippen LogP contribution >= 0.6 is 0 Å². The van der Waals surface area contributed by atoms with E-state index < -0.39 is 11.3 Å². The summed E-state index contributed by atoms with van der Waals surface area (Å²) in [4.78, 5) is 33.4. The fourth-order valence-corrected chi connectivity index (χ4v) is 2.02. The molecule has 3 unspecified atom stereocenters. The van der Waals surface area contributed by atoms with Crippen LogP contribution in [0.15, 0.2) is 11.6 Å². The molecule has 0 aromatic rings. The van der Waals surface area contributed by atoms with Gasteiger partial charge in [-0.05, 0) is 12.5 Å². The molecule has 0 aromatic heterocycles. The summed E-state index contributed by atoms with van der Waals surface area (Å²) in [5, 5.41) is 0. The van der Waals surface area contributed by atoms with Crippen molar-refractivity contribution in [2.75, 3.05) is 0 Å². The largest absolute Gasteiger partial charge is 0.302 e. The predicted octanol–water partition coefficient (Wildman–Crippen LogP) is 0.536. The van der Waals surface area contributed by atoms with E-state index in [9.17, 15) is 14.4 Å². The molecule has 0 aliphatic heterocycles. The number of allylic oxidation sites excluding steroid dienone is 2. The highest BCUT2D eigenvalue weighted by Gasteiger charge is 2.63. The molecule has 3 atom stereocenters. The van der Waals surface area contributed by atoms with Gasteiger partial charge in [-0.3, -0.25) is 9.59 Å². The van der Waals surface area contributed by atoms with Crippen LogP contribution in [0.3, 0.4) is 0 Å². The highest BCUT2D eigenvalue weighted by Crippen LogP contribution is 2.59. The number of fused-ring (bicyclic) bond motifs is 1. The number of aldehydes is 1. The van der Waals surface area contributed by atoms with E-state index in [1.165, 1.54) is 0 Å². The Kier molecular flexibility index (Phi) is 1.39. The summed E-state index contributed by atoms with van der Waals surface area (Å²) in [6.07, 6.45) is 2.52. The minimum Gasteiger partial charge on any atom is -0.302 e. The molecule has 2 rings (SSSR count). The van der Waals surface area contributed by atoms with E-state index in [0.717, 1.165) is 11.9 Å². The molecule has 13 heavy (non-hydrogen) atoms. The third-order valence-electron chi connectivity index (χ3n) is 3.04. The van der Waals surface area contributed by atoms with Crippen molar-refractivity contribution in [1.82, 2.24) is 0 Å². The van der Waals surface area contributed by atoms with Gasteiger partial charge in [0.15, 0.2) is 0 Å². The van der Waals surface area contributed by atoms with Crippen LogP contribution in [-0.2, 0) is 14.4 Å². The summed E-state index contributed by atoms with van der Waals surface area (Å²) < 4.78 is 0. The van der Waals surface area contributed by atoms with Gasteiger partial charge >= 0.3 is 0 Å². The maximum Gasteiger partial charge on any atom is 0.207 e. The van der Waals surface area contributed by atoms with Crippen molar-refractivity contribution in [1.29, 1.82) is 0 Å². The van der Waals surface area contributed by atoms with Crippen LogP contribution in [0.5, 0.6) is 0 Å². The Labute approximate surface area is 75.8 Å². The molecule has 0 radical (unpaired) electrons. The Morgan fingerprint density at radius 3 is 2.54 bits per heavy atom. The van der Waals surface area contributed by atoms with Gasteiger partial charge in [-0.15, -0.1) is 0 Å². The van der Waals surface area contributed by atoms with Crippen LogP contribution in [0.4, 0.5) is 0 Å². The monoisotopic (exact) mass is 178 g/mol. The minimum atomic E-state index is -0.669. The molecule has 0 N–H and O–H groups in total. The maximum atomic E-state index is 11.4. The van der Waals surface area contributed by atoms with Crippen molar-refractivity contribution in [3.63, 3.8) is 0 Å². The summed E-state index contributed by atoms with van der Waals surface area (Å²) in [6, 6.07) is 0. The number of carbonyl (C=O) groups excluding carboxylic acids is 3. The highest BCUT2D eigenvalue weighted by molar-refractivity contribution is 6.42. The number of rotatable bonds is 1. The van der Waals surface area contributed by atoms with Crippen molar-refractivity contribution in [3.05, 3.63) is 11.6 Å². The lowest BCUT2D eigenvalue weighted by atomic mass is 9.94. The SMILES string of the molecule is CC1C=C2C(C(=O)C1=O)C2(C)C=O. The average molecular weight is 178 g/mol. The van der Waals surface area contributed by atoms with Gasteiger partial charge in [0.1, 0.15) is 6.29 Å². The minimum absolute atomic E-state index is 0.347. The first-order valence-corrected chi connectivity index (χ1v) is 4.29. The molecule has 2 aliphatic carbocycles. The van der Waals surface area contributed by atoms with Gasteiger partial charge < -0.3 is 4.79 Å². The van der Waals surface area contributed by atoms with E-state index in [2.05, 4.69) is 0 Å². The van der Waals surface area contributed by atoms with Gasteiger partial charge in [-0.25, -0.2) is 0 Å². The fourth-order valence-electron chi connectivity index (χ4n) is 2.02. The predicted molar refractivity (Wildman–Crippen MR) is 44.9 cm³/mol. The van der Waals surface area contributed by atoms with Crippen molar-refractivity contribution in [2.45, 2.75) is 13.8 Å². The highest BCUT2D eigenvalue weighted by atomic mass is 16.2. The first-order chi connectivity index (χ1) is 6.02. The molecule has 0 bridgehead atoms. The average Bonchev–Trinajstić information content (AvgIpc) is 2.69. The Bertz CT molecular complexity index is 353. The van der Waals surface area contributed by atoms with Crippen molar-refractivity contribution >= 4 is 17.9 Å². The fraction of sp³-hybridized carbons (Fsp3) is 0.500. The van der Waals surface area contributed by atoms with Gasteiger partial charge in [0.05, 0.1) is 11.3 Å². The van der Waals surface area contributed by atoms with E-state index in [-0.39, 0.29) is 17.5 Å². The zero-order valence-corrected chi connectivity index (χ0v) is 7.53. The van der Waals surface area contributed by atoms with Crippen LogP contribution in [-0.4, -0.2) is 17.9 Å². The molecule has 3 nitrogen and oxygen atoms in total. The summed E-state index contributed by atoms with van der Waals surface area (Å²) >= 11 is 0. The number of hydrogen-bond donors (Lipinski definition) is 0. The Hall–Kier alpha value is -1.25. The molecule has 0 spiro atoms. The third-order valence-corrected chi connectivity index (χ3v) is 3.04. The molecular formula is C10H10O3. The number of hydrogen-bond acceptors (Lipinski definition) is 3. The summed E-state index contributed by atoms with van der Waals surface area (Å²) in [6.45, 7) is 3.40. The lowest BCUT2D eigenvalue weighted by Gasteiger charge is -2.06. The van der Waals surface area contributed by atoms with Gasteiger partial charge in [0, 0.05) is 5.92 Å². The standard InChI is InChI=1S/C10H10O3/c1-5-3-6-7(9(13)8(5)12)10(6,2)4-11/h3-5,7H,1-2H3.